The van der Waals surface area contributed by atoms with E-state index in [1.807, 2.05) is 10.9 Å². The number of carbonyl (C=O) groups excluding carboxylic acids is 2. The molecule has 41 heavy (non-hydrogen) atoms. The van der Waals surface area contributed by atoms with Gasteiger partial charge in [-0.05, 0) is 57.9 Å². The molecule has 3 aromatic rings. The number of ether oxygens (including phenoxy) is 2. The number of rotatable bonds is 8. The number of nitrogens with one attached hydrogen (secondary N) is 1. The van der Waals surface area contributed by atoms with E-state index in [4.69, 9.17) is 14.6 Å². The van der Waals surface area contributed by atoms with Crippen LogP contribution in [0.1, 0.15) is 101 Å². The molecule has 8 nitrogen and oxygen atoms in total. The van der Waals surface area contributed by atoms with Crippen LogP contribution in [0.3, 0.4) is 0 Å². The molecule has 1 saturated carbocycles. The number of esters is 1. The van der Waals surface area contributed by atoms with Gasteiger partial charge < -0.3 is 14.8 Å². The van der Waals surface area contributed by atoms with Gasteiger partial charge >= 0.3 is 12.1 Å². The third-order valence-corrected chi connectivity index (χ3v) is 6.64. The number of alkyl halides is 3. The summed E-state index contributed by atoms with van der Waals surface area (Å²) >= 11 is 0. The average Bonchev–Trinajstić information content (AvgIpc) is 3.35. The smallest absolute Gasteiger partial charge is 0.433 e. The van der Waals surface area contributed by atoms with E-state index in [0.717, 1.165) is 43.2 Å². The first kappa shape index (κ1) is 32.0. The number of fused-ring (bicyclic) bond motifs is 1. The van der Waals surface area contributed by atoms with Crippen molar-refractivity contribution in [1.82, 2.24) is 14.8 Å². The minimum atomic E-state index is -4.68. The van der Waals surface area contributed by atoms with E-state index >= 15 is 0 Å². The Morgan fingerprint density at radius 2 is 1.76 bits per heavy atom. The summed E-state index contributed by atoms with van der Waals surface area (Å²) in [5.74, 6) is -1.35. The predicted molar refractivity (Wildman–Crippen MR) is 151 cm³/mol. The van der Waals surface area contributed by atoms with Gasteiger partial charge in [0.25, 0.3) is 5.91 Å². The highest BCUT2D eigenvalue weighted by molar-refractivity contribution is 6.04. The molecule has 1 amide bonds. The van der Waals surface area contributed by atoms with E-state index in [-0.39, 0.29) is 24.9 Å². The van der Waals surface area contributed by atoms with Crippen molar-refractivity contribution in [3.63, 3.8) is 0 Å². The molecule has 4 rings (SSSR count). The number of carbonyl (C=O) groups is 2. The molecule has 0 saturated heterocycles. The van der Waals surface area contributed by atoms with Crippen LogP contribution in [0.25, 0.3) is 10.9 Å². The second-order valence-electron chi connectivity index (χ2n) is 10.5. The predicted octanol–water partition coefficient (Wildman–Crippen LogP) is 7.44. The lowest BCUT2D eigenvalue weighted by Gasteiger charge is -2.28. The molecular formula is C30H39F3N4O4. The van der Waals surface area contributed by atoms with Gasteiger partial charge in [0.05, 0.1) is 23.8 Å². The first-order chi connectivity index (χ1) is 19.4. The van der Waals surface area contributed by atoms with Crippen LogP contribution in [0.5, 0.6) is 0 Å². The van der Waals surface area contributed by atoms with Gasteiger partial charge in [0.1, 0.15) is 18.0 Å². The Balaban J connectivity index is 0.00000147. The fourth-order valence-corrected chi connectivity index (χ4v) is 4.65. The first-order valence-corrected chi connectivity index (χ1v) is 14.1. The Labute approximate surface area is 238 Å². The Hall–Kier alpha value is -3.47. The summed E-state index contributed by atoms with van der Waals surface area (Å²) in [5, 5.41) is 8.23. The molecule has 224 valence electrons. The topological polar surface area (TPSA) is 95.3 Å². The SMILES string of the molecule is CCC.CCOC(=O)COC(C)(C)c1cc2nn(C3CCCCC3)cc2cc1NC(=O)c1cccc(C(F)(F)F)n1. The summed E-state index contributed by atoms with van der Waals surface area (Å²) in [4.78, 5) is 28.5. The number of hydrogen-bond donors (Lipinski definition) is 1. The molecule has 2 aromatic heterocycles. The summed E-state index contributed by atoms with van der Waals surface area (Å²) < 4.78 is 52.2. The van der Waals surface area contributed by atoms with Crippen LogP contribution < -0.4 is 5.32 Å². The molecule has 1 aliphatic rings. The molecule has 0 atom stereocenters. The zero-order chi connectivity index (χ0) is 30.2. The third-order valence-electron chi connectivity index (χ3n) is 6.64. The van der Waals surface area contributed by atoms with Crippen molar-refractivity contribution in [2.24, 2.45) is 0 Å². The summed E-state index contributed by atoms with van der Waals surface area (Å²) in [6, 6.07) is 6.93. The second-order valence-corrected chi connectivity index (χ2v) is 10.5. The van der Waals surface area contributed by atoms with Crippen LogP contribution in [0.15, 0.2) is 36.5 Å². The molecule has 0 spiro atoms. The van der Waals surface area contributed by atoms with Crippen LogP contribution in [-0.4, -0.2) is 39.9 Å². The largest absolute Gasteiger partial charge is 0.464 e. The molecule has 0 aliphatic heterocycles. The molecule has 1 aliphatic carbocycles. The molecule has 0 unspecified atom stereocenters. The monoisotopic (exact) mass is 576 g/mol. The third kappa shape index (κ3) is 8.51. The van der Waals surface area contributed by atoms with Crippen molar-refractivity contribution < 1.29 is 32.2 Å². The van der Waals surface area contributed by atoms with E-state index in [0.29, 0.717) is 16.8 Å². The lowest BCUT2D eigenvalue weighted by atomic mass is 9.94. The minimum absolute atomic E-state index is 0.207. The highest BCUT2D eigenvalue weighted by Crippen LogP contribution is 2.36. The second kappa shape index (κ2) is 13.9. The maximum Gasteiger partial charge on any atom is 0.433 e. The molecule has 1 N–H and O–H groups in total. The number of hydrogen-bond acceptors (Lipinski definition) is 6. The van der Waals surface area contributed by atoms with Crippen molar-refractivity contribution in [2.75, 3.05) is 18.5 Å². The Morgan fingerprint density at radius 3 is 2.39 bits per heavy atom. The fraction of sp³-hybridized carbons (Fsp3) is 0.533. The van der Waals surface area contributed by atoms with Crippen LogP contribution in [-0.2, 0) is 26.0 Å². The van der Waals surface area contributed by atoms with E-state index in [2.05, 4.69) is 24.1 Å². The van der Waals surface area contributed by atoms with Crippen LogP contribution in [0, 0.1) is 0 Å². The number of halogens is 3. The average molecular weight is 577 g/mol. The van der Waals surface area contributed by atoms with Gasteiger partial charge in [-0.2, -0.15) is 18.3 Å². The lowest BCUT2D eigenvalue weighted by Crippen LogP contribution is -2.28. The zero-order valence-corrected chi connectivity index (χ0v) is 24.3. The van der Waals surface area contributed by atoms with Crippen molar-refractivity contribution in [2.45, 2.75) is 91.0 Å². The fourth-order valence-electron chi connectivity index (χ4n) is 4.65. The Bertz CT molecular complexity index is 1330. The molecule has 1 aromatic carbocycles. The van der Waals surface area contributed by atoms with Gasteiger partial charge in [0.15, 0.2) is 0 Å². The lowest BCUT2D eigenvalue weighted by molar-refractivity contribution is -0.154. The summed E-state index contributed by atoms with van der Waals surface area (Å²) in [7, 11) is 0. The number of aromatic nitrogens is 3. The van der Waals surface area contributed by atoms with E-state index in [1.54, 1.807) is 32.9 Å². The molecule has 0 radical (unpaired) electrons. The van der Waals surface area contributed by atoms with Gasteiger partial charge in [-0.3, -0.25) is 9.48 Å². The highest BCUT2D eigenvalue weighted by Gasteiger charge is 2.33. The van der Waals surface area contributed by atoms with Gasteiger partial charge in [-0.15, -0.1) is 0 Å². The van der Waals surface area contributed by atoms with Crippen LogP contribution in [0.2, 0.25) is 0 Å². The van der Waals surface area contributed by atoms with Crippen LogP contribution in [0.4, 0.5) is 18.9 Å². The van der Waals surface area contributed by atoms with Crippen molar-refractivity contribution in [3.8, 4) is 0 Å². The number of benzene rings is 1. The van der Waals surface area contributed by atoms with E-state index in [1.165, 1.54) is 18.9 Å². The van der Waals surface area contributed by atoms with E-state index < -0.39 is 29.3 Å². The highest BCUT2D eigenvalue weighted by atomic mass is 19.4. The number of pyridine rings is 1. The van der Waals surface area contributed by atoms with Crippen LogP contribution >= 0.6 is 0 Å². The van der Waals surface area contributed by atoms with Crippen molar-refractivity contribution >= 4 is 28.5 Å². The van der Waals surface area contributed by atoms with Crippen molar-refractivity contribution in [1.29, 1.82) is 0 Å². The molecular weight excluding hydrogens is 537 g/mol. The Morgan fingerprint density at radius 1 is 1.07 bits per heavy atom. The maximum atomic E-state index is 13.2. The molecule has 1 fully saturated rings. The normalized spacial score (nSPS) is 14.3. The van der Waals surface area contributed by atoms with Crippen molar-refractivity contribution in [3.05, 3.63) is 53.5 Å². The molecule has 11 heteroatoms. The molecule has 2 heterocycles. The minimum Gasteiger partial charge on any atom is -0.464 e. The first-order valence-electron chi connectivity index (χ1n) is 14.1. The Kier molecular flexibility index (Phi) is 10.9. The summed E-state index contributed by atoms with van der Waals surface area (Å²) in [6.07, 6.45) is 4.00. The zero-order valence-electron chi connectivity index (χ0n) is 24.3. The number of anilines is 1. The maximum absolute atomic E-state index is 13.2. The quantitative estimate of drug-likeness (QED) is 0.280. The van der Waals surface area contributed by atoms with Gasteiger partial charge in [0, 0.05) is 22.8 Å². The van der Waals surface area contributed by atoms with Gasteiger partial charge in [-0.1, -0.05) is 45.6 Å². The standard InChI is InChI=1S/C27H31F3N4O4.C3H8/c1-4-37-24(35)16-38-26(2,3)19-14-21-17(15-34(33-21)18-9-6-5-7-10-18)13-22(19)32-25(36)20-11-8-12-23(31-20)27(28,29)30;1-3-2/h8,11-15,18H,4-7,9-10,16H2,1-3H3,(H,32,36);3H2,1-2H3. The number of nitrogens with zero attached hydrogens (tertiary/aromatic N) is 3. The number of amides is 1. The molecule has 0 bridgehead atoms. The van der Waals surface area contributed by atoms with E-state index in [9.17, 15) is 22.8 Å². The van der Waals surface area contributed by atoms with Gasteiger partial charge in [0.2, 0.25) is 0 Å². The summed E-state index contributed by atoms with van der Waals surface area (Å²) in [6.45, 7) is 9.28. The summed E-state index contributed by atoms with van der Waals surface area (Å²) in [5.41, 5.74) is -1.13. The van der Waals surface area contributed by atoms with Gasteiger partial charge in [-0.25, -0.2) is 9.78 Å².